The topological polar surface area (TPSA) is 39.3 Å². The number of carbonyl (C=O) groups is 1. The molecule has 0 radical (unpaired) electrons. The molecule has 0 bridgehead atoms. The number of benzene rings is 1. The van der Waals surface area contributed by atoms with Crippen LogP contribution in [0.3, 0.4) is 0 Å². The van der Waals surface area contributed by atoms with Gasteiger partial charge in [-0.25, -0.2) is 0 Å². The Morgan fingerprint density at radius 1 is 1.20 bits per heavy atom. The van der Waals surface area contributed by atoms with E-state index in [0.717, 1.165) is 36.2 Å². The molecule has 1 unspecified atom stereocenters. The molecule has 3 heterocycles. The highest BCUT2D eigenvalue weighted by Crippen LogP contribution is 2.23. The Kier molecular flexibility index (Phi) is 2.77. The smallest absolute Gasteiger partial charge is 0.270 e. The lowest BCUT2D eigenvalue weighted by Crippen LogP contribution is -2.52. The van der Waals surface area contributed by atoms with Crippen LogP contribution in [0, 0.1) is 0 Å². The van der Waals surface area contributed by atoms with Crippen LogP contribution in [-0.2, 0) is 0 Å². The number of aromatic amines is 1. The lowest BCUT2D eigenvalue weighted by Gasteiger charge is -2.37. The molecule has 1 amide bonds. The summed E-state index contributed by atoms with van der Waals surface area (Å²) in [6, 6.07) is 10.6. The molecule has 4 heteroatoms. The van der Waals surface area contributed by atoms with Gasteiger partial charge in [0.25, 0.3) is 5.91 Å². The zero-order valence-electron chi connectivity index (χ0n) is 11.5. The first kappa shape index (κ1) is 12.0. The van der Waals surface area contributed by atoms with Gasteiger partial charge in [-0.1, -0.05) is 18.2 Å². The van der Waals surface area contributed by atoms with Gasteiger partial charge in [0.2, 0.25) is 0 Å². The monoisotopic (exact) mass is 269 g/mol. The van der Waals surface area contributed by atoms with Gasteiger partial charge in [-0.05, 0) is 31.5 Å². The maximum absolute atomic E-state index is 12.6. The average Bonchev–Trinajstić information content (AvgIpc) is 3.11. The van der Waals surface area contributed by atoms with Gasteiger partial charge in [-0.2, -0.15) is 0 Å². The van der Waals surface area contributed by atoms with Crippen LogP contribution in [-0.4, -0.2) is 52.9 Å². The SMILES string of the molecule is O=C(c1cc2ccccc2[nH]1)N1CCN2CCCC2C1. The minimum Gasteiger partial charge on any atom is -0.351 e. The molecule has 0 aliphatic carbocycles. The van der Waals surface area contributed by atoms with E-state index in [1.807, 2.05) is 35.2 Å². The molecule has 2 aromatic rings. The molecule has 4 rings (SSSR count). The molecular weight excluding hydrogens is 250 g/mol. The predicted octanol–water partition coefficient (Wildman–Crippen LogP) is 2.09. The number of rotatable bonds is 1. The minimum atomic E-state index is 0.146. The maximum Gasteiger partial charge on any atom is 0.270 e. The fourth-order valence-electron chi connectivity index (χ4n) is 3.53. The first-order valence-corrected chi connectivity index (χ1v) is 7.42. The Hall–Kier alpha value is -1.81. The van der Waals surface area contributed by atoms with Gasteiger partial charge in [-0.15, -0.1) is 0 Å². The molecule has 104 valence electrons. The van der Waals surface area contributed by atoms with Crippen molar-refractivity contribution in [3.8, 4) is 0 Å². The van der Waals surface area contributed by atoms with Crippen LogP contribution in [0.1, 0.15) is 23.3 Å². The minimum absolute atomic E-state index is 0.146. The highest BCUT2D eigenvalue weighted by Gasteiger charge is 2.33. The van der Waals surface area contributed by atoms with E-state index in [4.69, 9.17) is 0 Å². The number of piperazine rings is 1. The van der Waals surface area contributed by atoms with Crippen molar-refractivity contribution in [3.05, 3.63) is 36.0 Å². The Bertz CT molecular complexity index is 615. The highest BCUT2D eigenvalue weighted by atomic mass is 16.2. The van der Waals surface area contributed by atoms with Gasteiger partial charge in [0.05, 0.1) is 0 Å². The molecule has 4 nitrogen and oxygen atoms in total. The molecule has 1 aromatic heterocycles. The van der Waals surface area contributed by atoms with Gasteiger partial charge in [0, 0.05) is 36.6 Å². The number of H-pyrrole nitrogens is 1. The maximum atomic E-state index is 12.6. The summed E-state index contributed by atoms with van der Waals surface area (Å²) in [6.45, 7) is 3.97. The summed E-state index contributed by atoms with van der Waals surface area (Å²) in [5.74, 6) is 0.146. The first-order chi connectivity index (χ1) is 9.81. The number of aromatic nitrogens is 1. The summed E-state index contributed by atoms with van der Waals surface area (Å²) in [6.07, 6.45) is 2.51. The summed E-state index contributed by atoms with van der Waals surface area (Å²) in [4.78, 5) is 20.4. The molecule has 2 aliphatic rings. The highest BCUT2D eigenvalue weighted by molar-refractivity contribution is 5.98. The molecule has 0 saturated carbocycles. The van der Waals surface area contributed by atoms with Crippen LogP contribution in [0.15, 0.2) is 30.3 Å². The predicted molar refractivity (Wildman–Crippen MR) is 78.8 cm³/mol. The molecule has 1 atom stereocenters. The number of carbonyl (C=O) groups excluding carboxylic acids is 1. The van der Waals surface area contributed by atoms with Crippen LogP contribution >= 0.6 is 0 Å². The number of para-hydroxylation sites is 1. The van der Waals surface area contributed by atoms with Crippen molar-refractivity contribution >= 4 is 16.8 Å². The van der Waals surface area contributed by atoms with Crippen LogP contribution in [0.4, 0.5) is 0 Å². The van der Waals surface area contributed by atoms with Gasteiger partial charge in [0.15, 0.2) is 0 Å². The zero-order chi connectivity index (χ0) is 13.5. The fraction of sp³-hybridized carbons (Fsp3) is 0.438. The second-order valence-corrected chi connectivity index (χ2v) is 5.85. The van der Waals surface area contributed by atoms with E-state index in [2.05, 4.69) is 9.88 Å². The third kappa shape index (κ3) is 1.91. The largest absolute Gasteiger partial charge is 0.351 e. The van der Waals surface area contributed by atoms with E-state index >= 15 is 0 Å². The van der Waals surface area contributed by atoms with Crippen molar-refractivity contribution in [3.63, 3.8) is 0 Å². The summed E-state index contributed by atoms with van der Waals surface area (Å²) in [5, 5.41) is 1.11. The van der Waals surface area contributed by atoms with Crippen molar-refractivity contribution in [1.82, 2.24) is 14.8 Å². The molecule has 20 heavy (non-hydrogen) atoms. The third-order valence-corrected chi connectivity index (χ3v) is 4.63. The number of nitrogens with one attached hydrogen (secondary N) is 1. The molecule has 1 aromatic carbocycles. The van der Waals surface area contributed by atoms with Crippen LogP contribution in [0.25, 0.3) is 10.9 Å². The number of fused-ring (bicyclic) bond motifs is 2. The third-order valence-electron chi connectivity index (χ3n) is 4.63. The Morgan fingerprint density at radius 2 is 2.10 bits per heavy atom. The fourth-order valence-corrected chi connectivity index (χ4v) is 3.53. The summed E-state index contributed by atoms with van der Waals surface area (Å²) >= 11 is 0. The van der Waals surface area contributed by atoms with Crippen molar-refractivity contribution in [2.45, 2.75) is 18.9 Å². The van der Waals surface area contributed by atoms with Gasteiger partial charge in [0.1, 0.15) is 5.69 Å². The van der Waals surface area contributed by atoms with E-state index in [1.165, 1.54) is 19.4 Å². The van der Waals surface area contributed by atoms with Gasteiger partial charge >= 0.3 is 0 Å². The molecular formula is C16H19N3O. The zero-order valence-corrected chi connectivity index (χ0v) is 11.5. The van der Waals surface area contributed by atoms with Crippen molar-refractivity contribution in [1.29, 1.82) is 0 Å². The van der Waals surface area contributed by atoms with Crippen LogP contribution in [0.2, 0.25) is 0 Å². The van der Waals surface area contributed by atoms with Crippen molar-refractivity contribution < 1.29 is 4.79 Å². The summed E-state index contributed by atoms with van der Waals surface area (Å²) in [7, 11) is 0. The molecule has 1 N–H and O–H groups in total. The molecule has 0 spiro atoms. The Balaban J connectivity index is 1.57. The number of amides is 1. The molecule has 2 fully saturated rings. The number of hydrogen-bond acceptors (Lipinski definition) is 2. The Labute approximate surface area is 118 Å². The van der Waals surface area contributed by atoms with E-state index in [1.54, 1.807) is 0 Å². The lowest BCUT2D eigenvalue weighted by atomic mass is 10.1. The van der Waals surface area contributed by atoms with Crippen molar-refractivity contribution in [2.75, 3.05) is 26.2 Å². The van der Waals surface area contributed by atoms with E-state index in [0.29, 0.717) is 6.04 Å². The van der Waals surface area contributed by atoms with E-state index in [-0.39, 0.29) is 5.91 Å². The second-order valence-electron chi connectivity index (χ2n) is 5.85. The van der Waals surface area contributed by atoms with Gasteiger partial charge in [-0.3, -0.25) is 9.69 Å². The van der Waals surface area contributed by atoms with E-state index < -0.39 is 0 Å². The summed E-state index contributed by atoms with van der Waals surface area (Å²) < 4.78 is 0. The van der Waals surface area contributed by atoms with Gasteiger partial charge < -0.3 is 9.88 Å². The first-order valence-electron chi connectivity index (χ1n) is 7.42. The second kappa shape index (κ2) is 4.63. The average molecular weight is 269 g/mol. The molecule has 2 saturated heterocycles. The number of nitrogens with zero attached hydrogens (tertiary/aromatic N) is 2. The lowest BCUT2D eigenvalue weighted by molar-refractivity contribution is 0.0566. The normalized spacial score (nSPS) is 23.2. The number of hydrogen-bond donors (Lipinski definition) is 1. The standard InChI is InChI=1S/C16H19N3O/c20-16(15-10-12-4-1-2-6-14(12)17-15)19-9-8-18-7-3-5-13(18)11-19/h1-2,4,6,10,13,17H,3,5,7-9,11H2. The van der Waals surface area contributed by atoms with E-state index in [9.17, 15) is 4.79 Å². The Morgan fingerprint density at radius 3 is 3.00 bits per heavy atom. The van der Waals surface area contributed by atoms with Crippen molar-refractivity contribution in [2.24, 2.45) is 0 Å². The summed E-state index contributed by atoms with van der Waals surface area (Å²) in [5.41, 5.74) is 1.76. The van der Waals surface area contributed by atoms with Crippen LogP contribution in [0.5, 0.6) is 0 Å². The molecule has 2 aliphatic heterocycles. The van der Waals surface area contributed by atoms with Crippen LogP contribution < -0.4 is 0 Å². The quantitative estimate of drug-likeness (QED) is 0.861.